The Labute approximate surface area is 157 Å². The second-order valence-electron chi connectivity index (χ2n) is 7.54. The van der Waals surface area contributed by atoms with Crippen LogP contribution in [0.3, 0.4) is 0 Å². The van der Waals surface area contributed by atoms with Crippen molar-refractivity contribution in [3.63, 3.8) is 0 Å². The van der Waals surface area contributed by atoms with Crippen LogP contribution in [0.5, 0.6) is 0 Å². The van der Waals surface area contributed by atoms with Crippen LogP contribution in [0.2, 0.25) is 0 Å². The topological polar surface area (TPSA) is 64.4 Å². The number of nitrogens with two attached hydrogens (primary N) is 1. The average Bonchev–Trinajstić information content (AvgIpc) is 2.63. The third-order valence-corrected chi connectivity index (χ3v) is 5.74. The molecule has 0 spiro atoms. The Balaban J connectivity index is 0.00000225. The first-order valence-corrected chi connectivity index (χ1v) is 9.37. The monoisotopic (exact) mass is 366 g/mol. The predicted octanol–water partition coefficient (Wildman–Crippen LogP) is 4.09. The second kappa shape index (κ2) is 9.56. The van der Waals surface area contributed by atoms with Gasteiger partial charge in [0, 0.05) is 18.9 Å². The molecule has 0 radical (unpaired) electrons. The summed E-state index contributed by atoms with van der Waals surface area (Å²) in [6.07, 6.45) is 6.67. The van der Waals surface area contributed by atoms with Crippen molar-refractivity contribution in [2.24, 2.45) is 17.6 Å². The number of anilines is 1. The molecule has 3 N–H and O–H groups in total. The highest BCUT2D eigenvalue weighted by Gasteiger charge is 2.28. The molecule has 5 heteroatoms. The van der Waals surface area contributed by atoms with Crippen molar-refractivity contribution >= 4 is 24.0 Å². The molecule has 1 saturated carbocycles. The van der Waals surface area contributed by atoms with Crippen molar-refractivity contribution in [3.05, 3.63) is 29.8 Å². The van der Waals surface area contributed by atoms with Gasteiger partial charge in [0.25, 0.3) is 0 Å². The second-order valence-corrected chi connectivity index (χ2v) is 7.54. The van der Waals surface area contributed by atoms with Crippen LogP contribution < -0.4 is 11.1 Å². The van der Waals surface area contributed by atoms with Crippen molar-refractivity contribution in [1.29, 1.82) is 0 Å². The third-order valence-electron chi connectivity index (χ3n) is 5.74. The summed E-state index contributed by atoms with van der Waals surface area (Å²) in [5.74, 6) is 1.63. The Morgan fingerprint density at radius 3 is 2.28 bits per heavy atom. The maximum absolute atomic E-state index is 12.4. The quantitative estimate of drug-likeness (QED) is 0.843. The van der Waals surface area contributed by atoms with Gasteiger partial charge in [-0.05, 0) is 61.1 Å². The Bertz CT molecular complexity index is 535. The van der Waals surface area contributed by atoms with Crippen LogP contribution in [-0.4, -0.2) is 25.2 Å². The number of rotatable bonds is 4. The molecule has 1 aliphatic heterocycles. The number of nitrogens with one attached hydrogen (secondary N) is 1. The van der Waals surface area contributed by atoms with E-state index in [0.29, 0.717) is 11.8 Å². The Morgan fingerprint density at radius 1 is 1.08 bits per heavy atom. The maximum Gasteiger partial charge on any atom is 0.241 e. The molecule has 1 amide bonds. The lowest BCUT2D eigenvalue weighted by atomic mass is 9.79. The van der Waals surface area contributed by atoms with Gasteiger partial charge in [-0.15, -0.1) is 12.4 Å². The minimum absolute atomic E-state index is 0. The summed E-state index contributed by atoms with van der Waals surface area (Å²) in [5.41, 5.74) is 8.38. The average molecular weight is 367 g/mol. The van der Waals surface area contributed by atoms with Gasteiger partial charge in [0.2, 0.25) is 5.91 Å². The largest absolute Gasteiger partial charge is 0.381 e. The third kappa shape index (κ3) is 5.44. The fourth-order valence-electron chi connectivity index (χ4n) is 3.95. The minimum atomic E-state index is -0.396. The highest BCUT2D eigenvalue weighted by molar-refractivity contribution is 5.94. The van der Waals surface area contributed by atoms with Crippen LogP contribution >= 0.6 is 12.4 Å². The number of carbonyl (C=O) groups is 1. The molecule has 25 heavy (non-hydrogen) atoms. The minimum Gasteiger partial charge on any atom is -0.381 e. The van der Waals surface area contributed by atoms with Gasteiger partial charge in [-0.1, -0.05) is 31.9 Å². The Morgan fingerprint density at radius 2 is 1.68 bits per heavy atom. The van der Waals surface area contributed by atoms with Crippen molar-refractivity contribution in [3.8, 4) is 0 Å². The molecule has 1 heterocycles. The molecule has 2 fully saturated rings. The molecule has 1 aromatic rings. The zero-order valence-electron chi connectivity index (χ0n) is 15.1. The standard InChI is InChI=1S/C20H30N2O2.ClH/c1-14-2-4-17(5-3-14)19(21)20(23)22-18-8-6-15(7-9-18)16-10-12-24-13-11-16;/h6-9,14,16-17,19H,2-5,10-13,21H2,1H3,(H,22,23);1H/t14?,17?,19-;/m0./s1. The summed E-state index contributed by atoms with van der Waals surface area (Å²) < 4.78 is 5.42. The zero-order valence-corrected chi connectivity index (χ0v) is 15.9. The maximum atomic E-state index is 12.4. The highest BCUT2D eigenvalue weighted by atomic mass is 35.5. The molecule has 0 unspecified atom stereocenters. The summed E-state index contributed by atoms with van der Waals surface area (Å²) in [6, 6.07) is 7.85. The molecule has 2 aliphatic rings. The molecule has 4 nitrogen and oxygen atoms in total. The molecule has 3 rings (SSSR count). The van der Waals surface area contributed by atoms with Crippen molar-refractivity contribution in [2.75, 3.05) is 18.5 Å². The molecule has 140 valence electrons. The summed E-state index contributed by atoms with van der Waals surface area (Å²) in [6.45, 7) is 3.97. The number of halogens is 1. The van der Waals surface area contributed by atoms with Crippen LogP contribution in [0, 0.1) is 11.8 Å². The number of benzene rings is 1. The molecule has 1 aliphatic carbocycles. The van der Waals surface area contributed by atoms with Crippen LogP contribution in [0.1, 0.15) is 56.9 Å². The van der Waals surface area contributed by atoms with Gasteiger partial charge >= 0.3 is 0 Å². The molecular weight excluding hydrogens is 336 g/mol. The van der Waals surface area contributed by atoms with E-state index in [4.69, 9.17) is 10.5 Å². The van der Waals surface area contributed by atoms with Crippen LogP contribution in [0.15, 0.2) is 24.3 Å². The smallest absolute Gasteiger partial charge is 0.241 e. The van der Waals surface area contributed by atoms with Crippen molar-refractivity contribution in [1.82, 2.24) is 0 Å². The molecule has 0 bridgehead atoms. The van der Waals surface area contributed by atoms with E-state index in [1.165, 1.54) is 18.4 Å². The summed E-state index contributed by atoms with van der Waals surface area (Å²) in [4.78, 5) is 12.4. The van der Waals surface area contributed by atoms with Gasteiger partial charge in [-0.2, -0.15) is 0 Å². The lowest BCUT2D eigenvalue weighted by Gasteiger charge is -2.29. The molecule has 0 aromatic heterocycles. The number of ether oxygens (including phenoxy) is 1. The molecule has 1 saturated heterocycles. The highest BCUT2D eigenvalue weighted by Crippen LogP contribution is 2.31. The fraction of sp³-hybridized carbons (Fsp3) is 0.650. The number of amides is 1. The van der Waals surface area contributed by atoms with E-state index in [-0.39, 0.29) is 18.3 Å². The van der Waals surface area contributed by atoms with Gasteiger partial charge in [-0.3, -0.25) is 4.79 Å². The van der Waals surface area contributed by atoms with Gasteiger partial charge in [0.05, 0.1) is 6.04 Å². The van der Waals surface area contributed by atoms with Crippen LogP contribution in [0.4, 0.5) is 5.69 Å². The van der Waals surface area contributed by atoms with Crippen LogP contribution in [-0.2, 0) is 9.53 Å². The van der Waals surface area contributed by atoms with Gasteiger partial charge < -0.3 is 15.8 Å². The molecular formula is C20H31ClN2O2. The van der Waals surface area contributed by atoms with E-state index < -0.39 is 6.04 Å². The number of carbonyl (C=O) groups excluding carboxylic acids is 1. The van der Waals surface area contributed by atoms with Gasteiger partial charge in [-0.25, -0.2) is 0 Å². The van der Waals surface area contributed by atoms with E-state index in [0.717, 1.165) is 50.5 Å². The molecule has 1 aromatic carbocycles. The number of hydrogen-bond donors (Lipinski definition) is 2. The Kier molecular flexibility index (Phi) is 7.73. The lowest BCUT2D eigenvalue weighted by Crippen LogP contribution is -2.43. The summed E-state index contributed by atoms with van der Waals surface area (Å²) in [5, 5.41) is 2.99. The lowest BCUT2D eigenvalue weighted by molar-refractivity contribution is -0.118. The molecule has 1 atom stereocenters. The summed E-state index contributed by atoms with van der Waals surface area (Å²) in [7, 11) is 0. The predicted molar refractivity (Wildman–Crippen MR) is 104 cm³/mol. The van der Waals surface area contributed by atoms with Crippen LogP contribution in [0.25, 0.3) is 0 Å². The van der Waals surface area contributed by atoms with Crippen molar-refractivity contribution < 1.29 is 9.53 Å². The first-order valence-electron chi connectivity index (χ1n) is 9.37. The fourth-order valence-corrected chi connectivity index (χ4v) is 3.95. The van der Waals surface area contributed by atoms with E-state index in [1.807, 2.05) is 12.1 Å². The first-order chi connectivity index (χ1) is 11.6. The van der Waals surface area contributed by atoms with E-state index in [2.05, 4.69) is 24.4 Å². The van der Waals surface area contributed by atoms with Crippen molar-refractivity contribution in [2.45, 2.75) is 57.4 Å². The van der Waals surface area contributed by atoms with E-state index in [1.54, 1.807) is 0 Å². The zero-order chi connectivity index (χ0) is 16.9. The normalized spacial score (nSPS) is 25.7. The number of hydrogen-bond acceptors (Lipinski definition) is 3. The van der Waals surface area contributed by atoms with E-state index in [9.17, 15) is 4.79 Å². The van der Waals surface area contributed by atoms with Gasteiger partial charge in [0.1, 0.15) is 0 Å². The van der Waals surface area contributed by atoms with E-state index >= 15 is 0 Å². The first kappa shape index (κ1) is 20.2. The Hall–Kier alpha value is -1.10. The summed E-state index contributed by atoms with van der Waals surface area (Å²) >= 11 is 0. The SMILES string of the molecule is CC1CCC([C@H](N)C(=O)Nc2ccc(C3CCOCC3)cc2)CC1.Cl. The van der Waals surface area contributed by atoms with Gasteiger partial charge in [0.15, 0.2) is 0 Å².